The van der Waals surface area contributed by atoms with Gasteiger partial charge >= 0.3 is 5.97 Å². The molecule has 11 heteroatoms. The van der Waals surface area contributed by atoms with Crippen LogP contribution in [-0.4, -0.2) is 63.8 Å². The Kier molecular flexibility index (Phi) is 11.0. The molecule has 1 aromatic rings. The molecule has 1 aromatic carbocycles. The number of hydrogen-bond donors (Lipinski definition) is 7. The summed E-state index contributed by atoms with van der Waals surface area (Å²) in [5.41, 5.74) is 6.14. The second kappa shape index (κ2) is 12.9. The highest BCUT2D eigenvalue weighted by molar-refractivity contribution is 7.80. The van der Waals surface area contributed by atoms with Gasteiger partial charge in [-0.1, -0.05) is 32.4 Å². The van der Waals surface area contributed by atoms with Crippen molar-refractivity contribution >= 4 is 36.3 Å². The lowest BCUT2D eigenvalue weighted by Gasteiger charge is -2.26. The molecule has 0 saturated heterocycles. The molecule has 0 heterocycles. The first-order valence-corrected chi connectivity index (χ1v) is 10.9. The fourth-order valence-electron chi connectivity index (χ4n) is 2.78. The number of thiol groups is 1. The van der Waals surface area contributed by atoms with E-state index in [1.54, 1.807) is 26.0 Å². The van der Waals surface area contributed by atoms with Crippen LogP contribution in [0.15, 0.2) is 24.3 Å². The molecule has 7 N–H and O–H groups in total. The maximum atomic E-state index is 13.0. The van der Waals surface area contributed by atoms with E-state index in [1.807, 2.05) is 0 Å². The molecule has 0 aromatic heterocycles. The summed E-state index contributed by atoms with van der Waals surface area (Å²) in [4.78, 5) is 49.2. The normalized spacial score (nSPS) is 15.5. The summed E-state index contributed by atoms with van der Waals surface area (Å²) in [5.74, 6) is -3.42. The maximum absolute atomic E-state index is 13.0. The molecule has 0 fully saturated rings. The van der Waals surface area contributed by atoms with Gasteiger partial charge in [0.05, 0.1) is 6.04 Å². The number of aliphatic carboxylic acids is 1. The number of phenolic OH excluding ortho intramolecular Hbond substituents is 1. The third-order valence-electron chi connectivity index (χ3n) is 5.02. The quantitative estimate of drug-likeness (QED) is 0.208. The Balaban J connectivity index is 3.09. The molecule has 0 radical (unpaired) electrons. The van der Waals surface area contributed by atoms with E-state index >= 15 is 0 Å². The lowest BCUT2D eigenvalue weighted by atomic mass is 9.98. The summed E-state index contributed by atoms with van der Waals surface area (Å²) in [6.07, 6.45) is 0.558. The van der Waals surface area contributed by atoms with Crippen molar-refractivity contribution in [1.29, 1.82) is 0 Å². The highest BCUT2D eigenvalue weighted by atomic mass is 32.1. The summed E-state index contributed by atoms with van der Waals surface area (Å²) >= 11 is 4.08. The average Bonchev–Trinajstić information content (AvgIpc) is 2.75. The van der Waals surface area contributed by atoms with Gasteiger partial charge in [0.15, 0.2) is 0 Å². The van der Waals surface area contributed by atoms with Crippen molar-refractivity contribution in [2.24, 2.45) is 11.7 Å². The van der Waals surface area contributed by atoms with Crippen LogP contribution in [0.25, 0.3) is 0 Å². The predicted molar refractivity (Wildman–Crippen MR) is 122 cm³/mol. The number of rotatable bonds is 12. The van der Waals surface area contributed by atoms with Gasteiger partial charge < -0.3 is 31.9 Å². The molecule has 0 aliphatic carbocycles. The van der Waals surface area contributed by atoms with Crippen LogP contribution in [0.4, 0.5) is 0 Å². The highest BCUT2D eigenvalue weighted by Crippen LogP contribution is 2.13. The van der Waals surface area contributed by atoms with Gasteiger partial charge in [0, 0.05) is 12.2 Å². The average molecular weight is 469 g/mol. The van der Waals surface area contributed by atoms with Crippen LogP contribution in [0.5, 0.6) is 5.75 Å². The number of nitrogens with two attached hydrogens (primary N) is 1. The van der Waals surface area contributed by atoms with Crippen LogP contribution >= 0.6 is 12.6 Å². The zero-order valence-electron chi connectivity index (χ0n) is 18.4. The van der Waals surface area contributed by atoms with Gasteiger partial charge in [0.25, 0.3) is 0 Å². The zero-order chi connectivity index (χ0) is 24.4. The second-order valence-corrected chi connectivity index (χ2v) is 8.04. The number of aromatic hydroxyl groups is 1. The first kappa shape index (κ1) is 27.2. The predicted octanol–water partition coefficient (Wildman–Crippen LogP) is -0.203. The van der Waals surface area contributed by atoms with Crippen molar-refractivity contribution in [3.05, 3.63) is 29.8 Å². The fraction of sp³-hybridized carbons (Fsp3) is 0.524. The summed E-state index contributed by atoms with van der Waals surface area (Å²) < 4.78 is 0. The molecular formula is C21H32N4O6S. The second-order valence-electron chi connectivity index (χ2n) is 7.67. The first-order chi connectivity index (χ1) is 15.0. The molecule has 3 amide bonds. The van der Waals surface area contributed by atoms with Gasteiger partial charge in [0.1, 0.15) is 23.9 Å². The number of nitrogens with one attached hydrogen (secondary N) is 3. The molecule has 0 aliphatic rings. The van der Waals surface area contributed by atoms with Gasteiger partial charge in [-0.05, 0) is 30.5 Å². The van der Waals surface area contributed by atoms with Crippen LogP contribution in [0.2, 0.25) is 0 Å². The molecule has 0 spiro atoms. The molecule has 1 rings (SSSR count). The van der Waals surface area contributed by atoms with E-state index in [9.17, 15) is 29.4 Å². The number of carboxylic acid groups (broad SMARTS) is 1. The summed E-state index contributed by atoms with van der Waals surface area (Å²) in [6.45, 7) is 4.97. The minimum atomic E-state index is -1.18. The topological polar surface area (TPSA) is 171 Å². The van der Waals surface area contributed by atoms with E-state index < -0.39 is 47.9 Å². The first-order valence-electron chi connectivity index (χ1n) is 10.3. The largest absolute Gasteiger partial charge is 0.508 e. The zero-order valence-corrected chi connectivity index (χ0v) is 19.3. The number of carbonyl (C=O) groups excluding carboxylic acids is 3. The number of carboxylic acids is 1. The fourth-order valence-corrected chi connectivity index (χ4v) is 3.04. The Morgan fingerprint density at radius 3 is 1.97 bits per heavy atom. The van der Waals surface area contributed by atoms with Crippen molar-refractivity contribution in [3.63, 3.8) is 0 Å². The van der Waals surface area contributed by atoms with E-state index in [1.165, 1.54) is 19.1 Å². The Hall–Kier alpha value is -2.79. The summed E-state index contributed by atoms with van der Waals surface area (Å²) in [5, 5.41) is 26.5. The van der Waals surface area contributed by atoms with E-state index in [-0.39, 0.29) is 23.8 Å². The van der Waals surface area contributed by atoms with Crippen molar-refractivity contribution in [2.75, 3.05) is 5.75 Å². The molecule has 0 saturated carbocycles. The van der Waals surface area contributed by atoms with Gasteiger partial charge in [-0.25, -0.2) is 4.79 Å². The summed E-state index contributed by atoms with van der Waals surface area (Å²) in [6, 6.07) is 1.88. The van der Waals surface area contributed by atoms with Gasteiger partial charge in [-0.3, -0.25) is 14.4 Å². The standard InChI is InChI=1S/C21H32N4O6S/c1-4-11(2)17(21(30)31)25-19(28)15(9-13-5-7-14(26)8-6-13)23-20(29)16(10-32)24-18(27)12(3)22/h5-8,11-12,15-17,26,32H,4,9-10,22H2,1-3H3,(H,23,29)(H,24,27)(H,25,28)(H,30,31). The minimum Gasteiger partial charge on any atom is -0.508 e. The smallest absolute Gasteiger partial charge is 0.326 e. The van der Waals surface area contributed by atoms with Crippen LogP contribution in [0.3, 0.4) is 0 Å². The van der Waals surface area contributed by atoms with Crippen molar-refractivity contribution in [2.45, 2.75) is 57.8 Å². The number of phenols is 1. The van der Waals surface area contributed by atoms with Gasteiger partial charge in [0.2, 0.25) is 17.7 Å². The number of hydrogen-bond acceptors (Lipinski definition) is 7. The lowest BCUT2D eigenvalue weighted by molar-refractivity contribution is -0.143. The third-order valence-corrected chi connectivity index (χ3v) is 5.38. The molecule has 178 valence electrons. The lowest BCUT2D eigenvalue weighted by Crippen LogP contribution is -2.58. The van der Waals surface area contributed by atoms with Gasteiger partial charge in [-0.15, -0.1) is 0 Å². The van der Waals surface area contributed by atoms with E-state index in [4.69, 9.17) is 5.73 Å². The molecule has 10 nitrogen and oxygen atoms in total. The molecule has 5 atom stereocenters. The Morgan fingerprint density at radius 2 is 1.50 bits per heavy atom. The Bertz CT molecular complexity index is 802. The van der Waals surface area contributed by atoms with Crippen LogP contribution in [-0.2, 0) is 25.6 Å². The molecular weight excluding hydrogens is 436 g/mol. The van der Waals surface area contributed by atoms with E-state index in [0.29, 0.717) is 12.0 Å². The number of amides is 3. The Morgan fingerprint density at radius 1 is 0.969 bits per heavy atom. The van der Waals surface area contributed by atoms with Crippen molar-refractivity contribution < 1.29 is 29.4 Å². The maximum Gasteiger partial charge on any atom is 0.326 e. The SMILES string of the molecule is CCC(C)C(NC(=O)C(Cc1ccc(O)cc1)NC(=O)C(CS)NC(=O)C(C)N)C(=O)O. The molecule has 0 bridgehead atoms. The van der Waals surface area contributed by atoms with Gasteiger partial charge in [-0.2, -0.15) is 12.6 Å². The number of benzene rings is 1. The molecule has 0 aliphatic heterocycles. The monoisotopic (exact) mass is 468 g/mol. The van der Waals surface area contributed by atoms with Crippen LogP contribution in [0, 0.1) is 5.92 Å². The van der Waals surface area contributed by atoms with Crippen molar-refractivity contribution in [3.8, 4) is 5.75 Å². The van der Waals surface area contributed by atoms with Crippen LogP contribution < -0.4 is 21.7 Å². The minimum absolute atomic E-state index is 0.0330. The Labute approximate surface area is 192 Å². The summed E-state index contributed by atoms with van der Waals surface area (Å²) in [7, 11) is 0. The molecule has 5 unspecified atom stereocenters. The van der Waals surface area contributed by atoms with E-state index in [0.717, 1.165) is 0 Å². The highest BCUT2D eigenvalue weighted by Gasteiger charge is 2.31. The van der Waals surface area contributed by atoms with Crippen molar-refractivity contribution in [1.82, 2.24) is 16.0 Å². The third kappa shape index (κ3) is 8.39. The molecule has 32 heavy (non-hydrogen) atoms. The number of carbonyl (C=O) groups is 4. The van der Waals surface area contributed by atoms with Crippen LogP contribution in [0.1, 0.15) is 32.8 Å². The van der Waals surface area contributed by atoms with E-state index in [2.05, 4.69) is 28.6 Å².